The van der Waals surface area contributed by atoms with Gasteiger partial charge in [-0.15, -0.1) is 0 Å². The molecule has 1 amide bonds. The maximum absolute atomic E-state index is 13.7. The van der Waals surface area contributed by atoms with Crippen molar-refractivity contribution in [3.63, 3.8) is 0 Å². The molecular formula is C30H32FN7O2. The van der Waals surface area contributed by atoms with Crippen molar-refractivity contribution in [2.45, 2.75) is 24.8 Å². The molecule has 1 spiro atoms. The predicted molar refractivity (Wildman–Crippen MR) is 152 cm³/mol. The van der Waals surface area contributed by atoms with E-state index in [4.69, 9.17) is 9.72 Å². The summed E-state index contributed by atoms with van der Waals surface area (Å²) in [5, 5.41) is 6.42. The number of benzene rings is 1. The number of carbonyl (C=O) groups is 1. The van der Waals surface area contributed by atoms with Gasteiger partial charge in [0.2, 0.25) is 0 Å². The van der Waals surface area contributed by atoms with Crippen molar-refractivity contribution in [1.29, 1.82) is 0 Å². The van der Waals surface area contributed by atoms with Crippen molar-refractivity contribution in [3.05, 3.63) is 71.3 Å². The minimum atomic E-state index is -0.337. The smallest absolute Gasteiger partial charge is 0.254 e. The molecule has 0 radical (unpaired) electrons. The van der Waals surface area contributed by atoms with Crippen LogP contribution in [0.4, 0.5) is 21.7 Å². The topological polar surface area (TPSA) is 87.0 Å². The zero-order valence-corrected chi connectivity index (χ0v) is 22.7. The van der Waals surface area contributed by atoms with E-state index in [1.54, 1.807) is 12.4 Å². The number of carbonyl (C=O) groups excluding carboxylic acids is 1. The molecule has 0 saturated carbocycles. The summed E-state index contributed by atoms with van der Waals surface area (Å²) in [5.41, 5.74) is 5.78. The van der Waals surface area contributed by atoms with E-state index >= 15 is 0 Å². The molecule has 10 heteroatoms. The van der Waals surface area contributed by atoms with Crippen LogP contribution in [0.5, 0.6) is 0 Å². The molecule has 6 heterocycles. The van der Waals surface area contributed by atoms with Gasteiger partial charge < -0.3 is 25.2 Å². The number of imidazole rings is 1. The molecule has 0 unspecified atom stereocenters. The average Bonchev–Trinajstić information content (AvgIpc) is 3.62. The summed E-state index contributed by atoms with van der Waals surface area (Å²) in [5.74, 6) is 1.26. The number of rotatable bonds is 6. The van der Waals surface area contributed by atoms with Crippen LogP contribution in [0.3, 0.4) is 0 Å². The van der Waals surface area contributed by atoms with Crippen molar-refractivity contribution in [2.75, 3.05) is 57.2 Å². The minimum Gasteiger partial charge on any atom is -0.381 e. The number of anilines is 3. The molecule has 2 N–H and O–H groups in total. The fourth-order valence-electron chi connectivity index (χ4n) is 6.38. The van der Waals surface area contributed by atoms with Crippen LogP contribution < -0.4 is 15.5 Å². The second-order valence-corrected chi connectivity index (χ2v) is 11.2. The lowest BCUT2D eigenvalue weighted by Gasteiger charge is -2.34. The average molecular weight is 542 g/mol. The van der Waals surface area contributed by atoms with Gasteiger partial charge in [-0.05, 0) is 50.7 Å². The third-order valence-corrected chi connectivity index (χ3v) is 8.49. The van der Waals surface area contributed by atoms with Crippen LogP contribution in [0.15, 0.2) is 48.8 Å². The zero-order chi connectivity index (χ0) is 27.4. The van der Waals surface area contributed by atoms with Crippen LogP contribution >= 0.6 is 0 Å². The third-order valence-electron chi connectivity index (χ3n) is 8.49. The van der Waals surface area contributed by atoms with Crippen LogP contribution in [0.1, 0.15) is 34.3 Å². The molecule has 4 aromatic rings. The highest BCUT2D eigenvalue weighted by molar-refractivity contribution is 6.06. The van der Waals surface area contributed by atoms with E-state index in [-0.39, 0.29) is 17.1 Å². The molecule has 3 aliphatic heterocycles. The number of hydrogen-bond donors (Lipinski definition) is 2. The van der Waals surface area contributed by atoms with Gasteiger partial charge in [-0.3, -0.25) is 9.20 Å². The fourth-order valence-corrected chi connectivity index (χ4v) is 6.38. The first kappa shape index (κ1) is 25.0. The molecule has 0 atom stereocenters. The van der Waals surface area contributed by atoms with Gasteiger partial charge in [0.15, 0.2) is 0 Å². The predicted octanol–water partition coefficient (Wildman–Crippen LogP) is 3.95. The number of fused-ring (bicyclic) bond motifs is 4. The first-order valence-electron chi connectivity index (χ1n) is 13.7. The van der Waals surface area contributed by atoms with Gasteiger partial charge in [0.25, 0.3) is 5.91 Å². The van der Waals surface area contributed by atoms with Gasteiger partial charge in [0, 0.05) is 68.2 Å². The second-order valence-electron chi connectivity index (χ2n) is 11.2. The van der Waals surface area contributed by atoms with Crippen LogP contribution in [0.2, 0.25) is 0 Å². The summed E-state index contributed by atoms with van der Waals surface area (Å²) in [6, 6.07) is 10.9. The Morgan fingerprint density at radius 3 is 2.85 bits per heavy atom. The number of nitrogens with zero attached hydrogens (tertiary/aromatic N) is 5. The normalized spacial score (nSPS) is 17.5. The van der Waals surface area contributed by atoms with Crippen molar-refractivity contribution in [2.24, 2.45) is 0 Å². The largest absolute Gasteiger partial charge is 0.381 e. The van der Waals surface area contributed by atoms with Gasteiger partial charge in [-0.1, -0.05) is 12.1 Å². The van der Waals surface area contributed by atoms with Gasteiger partial charge in [-0.2, -0.15) is 0 Å². The summed E-state index contributed by atoms with van der Waals surface area (Å²) in [6.07, 6.45) is 5.38. The highest BCUT2D eigenvalue weighted by Gasteiger charge is 2.44. The number of amides is 1. The Hall–Kier alpha value is -4.02. The minimum absolute atomic E-state index is 0.0745. The van der Waals surface area contributed by atoms with Crippen LogP contribution in [0, 0.1) is 5.82 Å². The van der Waals surface area contributed by atoms with E-state index in [1.165, 1.54) is 17.7 Å². The van der Waals surface area contributed by atoms with Gasteiger partial charge >= 0.3 is 0 Å². The quantitative estimate of drug-likeness (QED) is 0.382. The lowest BCUT2D eigenvalue weighted by molar-refractivity contribution is 0.0553. The lowest BCUT2D eigenvalue weighted by Crippen LogP contribution is -2.40. The maximum atomic E-state index is 13.7. The first-order valence-corrected chi connectivity index (χ1v) is 13.7. The second kappa shape index (κ2) is 9.57. The SMILES string of the molecule is CN(C)CCN1CC2(CCOCC2)c2ccc(Nc3ccc(-c4cnc5cc(F)ccn45)c4c3C(=O)NC4)nc21. The summed E-state index contributed by atoms with van der Waals surface area (Å²) in [4.78, 5) is 27.1. The highest BCUT2D eigenvalue weighted by Crippen LogP contribution is 2.46. The number of hydrogen-bond acceptors (Lipinski definition) is 7. The molecule has 3 aliphatic rings. The molecule has 1 fully saturated rings. The molecular weight excluding hydrogens is 509 g/mol. The number of ether oxygens (including phenoxy) is 1. The van der Waals surface area contributed by atoms with Crippen LogP contribution in [-0.4, -0.2) is 72.1 Å². The summed E-state index contributed by atoms with van der Waals surface area (Å²) in [7, 11) is 4.18. The Balaban J connectivity index is 1.25. The van der Waals surface area contributed by atoms with Crippen molar-refractivity contribution in [3.8, 4) is 11.3 Å². The summed E-state index contributed by atoms with van der Waals surface area (Å²) in [6.45, 7) is 4.75. The Morgan fingerprint density at radius 2 is 2.02 bits per heavy atom. The fraction of sp³-hybridized carbons (Fsp3) is 0.367. The summed E-state index contributed by atoms with van der Waals surface area (Å²) < 4.78 is 21.3. The maximum Gasteiger partial charge on any atom is 0.254 e. The molecule has 3 aromatic heterocycles. The first-order chi connectivity index (χ1) is 19.4. The van der Waals surface area contributed by atoms with Gasteiger partial charge in [-0.25, -0.2) is 14.4 Å². The third kappa shape index (κ3) is 4.10. The van der Waals surface area contributed by atoms with Gasteiger partial charge in [0.1, 0.15) is 23.1 Å². The number of nitrogens with one attached hydrogen (secondary N) is 2. The number of halogens is 1. The molecule has 1 saturated heterocycles. The molecule has 40 heavy (non-hydrogen) atoms. The van der Waals surface area contributed by atoms with Crippen molar-refractivity contribution >= 4 is 28.9 Å². The van der Waals surface area contributed by atoms with Gasteiger partial charge in [0.05, 0.1) is 23.1 Å². The molecule has 206 valence electrons. The molecule has 0 aliphatic carbocycles. The van der Waals surface area contributed by atoms with Crippen LogP contribution in [0.25, 0.3) is 16.9 Å². The lowest BCUT2D eigenvalue weighted by atomic mass is 9.76. The Labute approximate surface area is 232 Å². The Morgan fingerprint density at radius 1 is 1.18 bits per heavy atom. The van der Waals surface area contributed by atoms with E-state index in [2.05, 4.69) is 45.6 Å². The zero-order valence-electron chi connectivity index (χ0n) is 22.7. The molecule has 1 aromatic carbocycles. The number of likely N-dealkylation sites (N-methyl/N-ethyl adjacent to an activating group) is 1. The number of aromatic nitrogens is 3. The standard InChI is InChI=1S/C30H32FN7O2/c1-36(2)11-12-37-18-30(8-13-40-14-9-30)22-4-6-25(35-28(22)37)34-23-5-3-20(21-16-33-29(39)27(21)23)24-17-32-26-15-19(31)7-10-38(24)26/h3-7,10,15,17H,8-9,11-14,16,18H2,1-2H3,(H,33,39)(H,34,35). The number of pyridine rings is 2. The van der Waals surface area contributed by atoms with E-state index in [9.17, 15) is 9.18 Å². The van der Waals surface area contributed by atoms with Crippen molar-refractivity contribution in [1.82, 2.24) is 24.6 Å². The Kier molecular flexibility index (Phi) is 5.97. The Bertz CT molecular complexity index is 1630. The van der Waals surface area contributed by atoms with E-state index in [0.717, 1.165) is 68.3 Å². The van der Waals surface area contributed by atoms with E-state index < -0.39 is 0 Å². The van der Waals surface area contributed by atoms with E-state index in [0.29, 0.717) is 29.3 Å². The summed E-state index contributed by atoms with van der Waals surface area (Å²) >= 11 is 0. The highest BCUT2D eigenvalue weighted by atomic mass is 19.1. The molecule has 7 rings (SSSR count). The molecule has 0 bridgehead atoms. The van der Waals surface area contributed by atoms with Crippen molar-refractivity contribution < 1.29 is 13.9 Å². The van der Waals surface area contributed by atoms with E-state index in [1.807, 2.05) is 22.6 Å². The molecule has 9 nitrogen and oxygen atoms in total. The van der Waals surface area contributed by atoms with Crippen LogP contribution in [-0.2, 0) is 16.7 Å². The monoisotopic (exact) mass is 541 g/mol.